The first kappa shape index (κ1) is 11.4. The monoisotopic (exact) mass is 172 g/mol. The maximum absolute atomic E-state index is 8.80. The fourth-order valence-corrected chi connectivity index (χ4v) is 0.800. The van der Waals surface area contributed by atoms with E-state index in [4.69, 9.17) is 14.7 Å². The molecule has 0 aromatic carbocycles. The largest absolute Gasteiger partial charge is 0.356 e. The minimum atomic E-state index is -0.587. The molecule has 0 radical (unpaired) electrons. The highest BCUT2D eigenvalue weighted by atomic mass is 16.7. The highest BCUT2D eigenvalue weighted by Gasteiger charge is 2.25. The quantitative estimate of drug-likeness (QED) is 0.613. The Morgan fingerprint density at radius 3 is 2.25 bits per heavy atom. The van der Waals surface area contributed by atoms with Gasteiger partial charge in [-0.1, -0.05) is 0 Å². The van der Waals surface area contributed by atoms with E-state index in [-0.39, 0.29) is 6.29 Å². The first-order chi connectivity index (χ1) is 5.61. The predicted octanol–water partition coefficient (Wildman–Crippen LogP) is 0.497. The number of hydrogen-bond donors (Lipinski definition) is 1. The van der Waals surface area contributed by atoms with E-state index in [1.54, 1.807) is 28.2 Å². The van der Waals surface area contributed by atoms with Crippen molar-refractivity contribution in [2.24, 2.45) is 0 Å². The normalized spacial score (nSPS) is 15.7. The van der Waals surface area contributed by atoms with Crippen LogP contribution < -0.4 is 5.32 Å². The molecule has 4 nitrogen and oxygen atoms in total. The molecular weight excluding hydrogens is 156 g/mol. The molecule has 0 heterocycles. The van der Waals surface area contributed by atoms with Crippen LogP contribution in [0.5, 0.6) is 0 Å². The van der Waals surface area contributed by atoms with E-state index in [1.165, 1.54) is 0 Å². The molecule has 0 saturated carbocycles. The maximum atomic E-state index is 8.80. The third-order valence-electron chi connectivity index (χ3n) is 1.90. The standard InChI is InChI=1S/C8H16N2O2/c1-8(6-9,10-2)5-7(11-3)12-4/h7,10H,5H2,1-4H3. The van der Waals surface area contributed by atoms with Crippen LogP contribution in [0.2, 0.25) is 0 Å². The Balaban J connectivity index is 4.11. The highest BCUT2D eigenvalue weighted by Crippen LogP contribution is 2.12. The number of ether oxygens (including phenoxy) is 2. The van der Waals surface area contributed by atoms with Crippen molar-refractivity contribution in [1.29, 1.82) is 5.26 Å². The van der Waals surface area contributed by atoms with Crippen LogP contribution >= 0.6 is 0 Å². The molecule has 0 aromatic heterocycles. The summed E-state index contributed by atoms with van der Waals surface area (Å²) in [4.78, 5) is 0. The zero-order valence-corrected chi connectivity index (χ0v) is 8.05. The van der Waals surface area contributed by atoms with E-state index < -0.39 is 5.54 Å². The average molecular weight is 172 g/mol. The summed E-state index contributed by atoms with van der Waals surface area (Å²) < 4.78 is 9.97. The van der Waals surface area contributed by atoms with Gasteiger partial charge in [-0.25, -0.2) is 0 Å². The summed E-state index contributed by atoms with van der Waals surface area (Å²) in [5.41, 5.74) is -0.587. The number of nitrogens with one attached hydrogen (secondary N) is 1. The lowest BCUT2D eigenvalue weighted by Gasteiger charge is -2.24. The first-order valence-corrected chi connectivity index (χ1v) is 3.77. The van der Waals surface area contributed by atoms with E-state index in [0.29, 0.717) is 6.42 Å². The molecule has 1 unspecified atom stereocenters. The Bertz CT molecular complexity index is 163. The fraction of sp³-hybridized carbons (Fsp3) is 0.875. The van der Waals surface area contributed by atoms with Crippen molar-refractivity contribution >= 4 is 0 Å². The Labute approximate surface area is 73.5 Å². The third kappa shape index (κ3) is 3.18. The fourth-order valence-electron chi connectivity index (χ4n) is 0.800. The van der Waals surface area contributed by atoms with Crippen molar-refractivity contribution < 1.29 is 9.47 Å². The number of hydrogen-bond acceptors (Lipinski definition) is 4. The summed E-state index contributed by atoms with van der Waals surface area (Å²) in [6.45, 7) is 1.80. The molecule has 0 saturated heterocycles. The second-order valence-electron chi connectivity index (χ2n) is 2.80. The number of methoxy groups -OCH3 is 2. The summed E-state index contributed by atoms with van der Waals surface area (Å²) in [6.07, 6.45) is 0.176. The molecule has 0 spiro atoms. The van der Waals surface area contributed by atoms with Gasteiger partial charge in [-0.2, -0.15) is 5.26 Å². The van der Waals surface area contributed by atoms with Crippen LogP contribution in [-0.4, -0.2) is 33.1 Å². The molecule has 12 heavy (non-hydrogen) atoms. The summed E-state index contributed by atoms with van der Waals surface area (Å²) in [5.74, 6) is 0. The molecule has 0 aliphatic carbocycles. The molecule has 0 aliphatic rings. The van der Waals surface area contributed by atoms with Gasteiger partial charge in [0, 0.05) is 20.6 Å². The summed E-state index contributed by atoms with van der Waals surface area (Å²) in [7, 11) is 4.86. The SMILES string of the molecule is CNC(C)(C#N)CC(OC)OC. The van der Waals surface area contributed by atoms with Gasteiger partial charge >= 0.3 is 0 Å². The topological polar surface area (TPSA) is 54.3 Å². The zero-order valence-electron chi connectivity index (χ0n) is 8.05. The zero-order chi connectivity index (χ0) is 9.61. The molecule has 1 N–H and O–H groups in total. The van der Waals surface area contributed by atoms with Crippen molar-refractivity contribution in [1.82, 2.24) is 5.32 Å². The van der Waals surface area contributed by atoms with E-state index in [0.717, 1.165) is 0 Å². The van der Waals surface area contributed by atoms with Crippen molar-refractivity contribution in [2.45, 2.75) is 25.2 Å². The molecule has 4 heteroatoms. The predicted molar refractivity (Wildman–Crippen MR) is 45.5 cm³/mol. The maximum Gasteiger partial charge on any atom is 0.159 e. The number of nitriles is 1. The Hall–Kier alpha value is -0.630. The smallest absolute Gasteiger partial charge is 0.159 e. The van der Waals surface area contributed by atoms with Crippen LogP contribution in [-0.2, 0) is 9.47 Å². The lowest BCUT2D eigenvalue weighted by molar-refractivity contribution is -0.113. The number of rotatable bonds is 5. The van der Waals surface area contributed by atoms with E-state index in [9.17, 15) is 0 Å². The number of nitrogens with zero attached hydrogens (tertiary/aromatic N) is 1. The molecule has 1 atom stereocenters. The van der Waals surface area contributed by atoms with Crippen LogP contribution in [0.25, 0.3) is 0 Å². The highest BCUT2D eigenvalue weighted by molar-refractivity contribution is 5.03. The van der Waals surface area contributed by atoms with Gasteiger partial charge in [0.15, 0.2) is 6.29 Å². The van der Waals surface area contributed by atoms with Gasteiger partial charge in [0.05, 0.1) is 6.07 Å². The van der Waals surface area contributed by atoms with Gasteiger partial charge in [0.2, 0.25) is 0 Å². The van der Waals surface area contributed by atoms with Gasteiger partial charge in [-0.15, -0.1) is 0 Å². The summed E-state index contributed by atoms with van der Waals surface area (Å²) >= 11 is 0. The van der Waals surface area contributed by atoms with E-state index in [2.05, 4.69) is 11.4 Å². The van der Waals surface area contributed by atoms with Crippen LogP contribution in [0.1, 0.15) is 13.3 Å². The lowest BCUT2D eigenvalue weighted by atomic mass is 10.0. The molecule has 0 amide bonds. The van der Waals surface area contributed by atoms with Gasteiger partial charge in [-0.05, 0) is 14.0 Å². The van der Waals surface area contributed by atoms with Crippen LogP contribution in [0, 0.1) is 11.3 Å². The van der Waals surface area contributed by atoms with Crippen LogP contribution in [0.3, 0.4) is 0 Å². The van der Waals surface area contributed by atoms with Crippen molar-refractivity contribution in [3.8, 4) is 6.07 Å². The molecule has 0 rings (SSSR count). The van der Waals surface area contributed by atoms with Gasteiger partial charge < -0.3 is 14.8 Å². The first-order valence-electron chi connectivity index (χ1n) is 3.77. The lowest BCUT2D eigenvalue weighted by Crippen LogP contribution is -2.42. The van der Waals surface area contributed by atoms with Crippen molar-refractivity contribution in [2.75, 3.05) is 21.3 Å². The van der Waals surface area contributed by atoms with Crippen LogP contribution in [0.15, 0.2) is 0 Å². The molecule has 0 aliphatic heterocycles. The molecule has 0 fully saturated rings. The molecule has 0 aromatic rings. The van der Waals surface area contributed by atoms with Gasteiger partial charge in [0.1, 0.15) is 5.54 Å². The second kappa shape index (κ2) is 5.09. The average Bonchev–Trinajstić information content (AvgIpc) is 2.14. The van der Waals surface area contributed by atoms with Gasteiger partial charge in [-0.3, -0.25) is 0 Å². The molecule has 70 valence electrons. The Kier molecular flexibility index (Phi) is 4.83. The Morgan fingerprint density at radius 2 is 2.00 bits per heavy atom. The summed E-state index contributed by atoms with van der Waals surface area (Å²) in [6, 6.07) is 2.16. The molecule has 0 bridgehead atoms. The van der Waals surface area contributed by atoms with E-state index in [1.807, 2.05) is 0 Å². The minimum Gasteiger partial charge on any atom is -0.356 e. The van der Waals surface area contributed by atoms with Crippen LogP contribution in [0.4, 0.5) is 0 Å². The second-order valence-corrected chi connectivity index (χ2v) is 2.80. The van der Waals surface area contributed by atoms with Gasteiger partial charge in [0.25, 0.3) is 0 Å². The van der Waals surface area contributed by atoms with Crippen molar-refractivity contribution in [3.63, 3.8) is 0 Å². The van der Waals surface area contributed by atoms with Crippen molar-refractivity contribution in [3.05, 3.63) is 0 Å². The minimum absolute atomic E-state index is 0.331. The Morgan fingerprint density at radius 1 is 1.50 bits per heavy atom. The van der Waals surface area contributed by atoms with E-state index >= 15 is 0 Å². The summed E-state index contributed by atoms with van der Waals surface area (Å²) in [5, 5.41) is 11.7. The third-order valence-corrected chi connectivity index (χ3v) is 1.90. The molecular formula is C8H16N2O2.